The lowest BCUT2D eigenvalue weighted by Crippen LogP contribution is -2.29. The molecule has 0 aliphatic heterocycles. The second-order valence-corrected chi connectivity index (χ2v) is 5.09. The fraction of sp³-hybridized carbons (Fsp3) is 0.471. The van der Waals surface area contributed by atoms with Gasteiger partial charge in [0.15, 0.2) is 0 Å². The lowest BCUT2D eigenvalue weighted by atomic mass is 10.2. The van der Waals surface area contributed by atoms with E-state index in [0.29, 0.717) is 25.2 Å². The van der Waals surface area contributed by atoms with Gasteiger partial charge in [-0.25, -0.2) is 0 Å². The summed E-state index contributed by atoms with van der Waals surface area (Å²) in [6, 6.07) is 7.26. The molecule has 0 fully saturated rings. The zero-order valence-electron chi connectivity index (χ0n) is 14.3. The molecule has 1 rings (SSSR count). The lowest BCUT2D eigenvalue weighted by molar-refractivity contribution is -0.140. The Labute approximate surface area is 141 Å². The fourth-order valence-electron chi connectivity index (χ4n) is 2.06. The first-order valence-electron chi connectivity index (χ1n) is 7.78. The quantitative estimate of drug-likeness (QED) is 0.694. The molecule has 0 atom stereocenters. The minimum atomic E-state index is -0.325. The number of methoxy groups -OCH3 is 2. The smallest absolute Gasteiger partial charge is 0.307 e. The van der Waals surface area contributed by atoms with Gasteiger partial charge in [-0.15, -0.1) is 0 Å². The molecule has 0 aliphatic rings. The zero-order chi connectivity index (χ0) is 17.9. The Kier molecular flexibility index (Phi) is 8.32. The van der Waals surface area contributed by atoms with E-state index in [4.69, 9.17) is 0 Å². The van der Waals surface area contributed by atoms with E-state index in [9.17, 15) is 14.4 Å². The first-order chi connectivity index (χ1) is 11.5. The molecule has 0 aromatic heterocycles. The highest BCUT2D eigenvalue weighted by Crippen LogP contribution is 2.20. The Hall–Kier alpha value is -2.57. The van der Waals surface area contributed by atoms with E-state index in [0.717, 1.165) is 5.69 Å². The number of carbonyl (C=O) groups is 3. The predicted molar refractivity (Wildman–Crippen MR) is 90.8 cm³/mol. The molecular weight excluding hydrogens is 312 g/mol. The van der Waals surface area contributed by atoms with Crippen molar-refractivity contribution in [2.45, 2.75) is 26.2 Å². The second-order valence-electron chi connectivity index (χ2n) is 5.09. The highest BCUT2D eigenvalue weighted by atomic mass is 16.5. The maximum Gasteiger partial charge on any atom is 0.307 e. The van der Waals surface area contributed by atoms with E-state index in [1.165, 1.54) is 14.2 Å². The topological polar surface area (TPSA) is 84.9 Å². The van der Waals surface area contributed by atoms with Gasteiger partial charge in [0.25, 0.3) is 0 Å². The summed E-state index contributed by atoms with van der Waals surface area (Å²) in [6.45, 7) is 2.57. The summed E-state index contributed by atoms with van der Waals surface area (Å²) in [5.41, 5.74) is 1.47. The molecule has 7 nitrogen and oxygen atoms in total. The molecule has 0 saturated heterocycles. The first-order valence-corrected chi connectivity index (χ1v) is 7.78. The zero-order valence-corrected chi connectivity index (χ0v) is 14.3. The van der Waals surface area contributed by atoms with Crippen molar-refractivity contribution in [3.63, 3.8) is 0 Å². The van der Waals surface area contributed by atoms with Gasteiger partial charge in [0, 0.05) is 30.9 Å². The molecule has 1 aromatic rings. The molecule has 1 aromatic carbocycles. The number of nitrogens with one attached hydrogen (secondary N) is 1. The summed E-state index contributed by atoms with van der Waals surface area (Å²) < 4.78 is 9.32. The highest BCUT2D eigenvalue weighted by Gasteiger charge is 2.13. The second kappa shape index (κ2) is 10.3. The third-order valence-electron chi connectivity index (χ3n) is 3.44. The number of anilines is 2. The Morgan fingerprint density at radius 1 is 1.04 bits per heavy atom. The van der Waals surface area contributed by atoms with Crippen molar-refractivity contribution >= 4 is 29.2 Å². The number of benzene rings is 1. The van der Waals surface area contributed by atoms with Crippen LogP contribution in [0.1, 0.15) is 26.2 Å². The number of nitrogens with zero attached hydrogens (tertiary/aromatic N) is 1. The molecule has 0 spiro atoms. The van der Waals surface area contributed by atoms with Gasteiger partial charge in [-0.1, -0.05) is 13.0 Å². The van der Waals surface area contributed by atoms with Crippen molar-refractivity contribution in [2.75, 3.05) is 37.5 Å². The van der Waals surface area contributed by atoms with Crippen molar-refractivity contribution < 1.29 is 23.9 Å². The van der Waals surface area contributed by atoms with E-state index in [2.05, 4.69) is 14.8 Å². The van der Waals surface area contributed by atoms with E-state index in [1.54, 1.807) is 13.0 Å². The third-order valence-corrected chi connectivity index (χ3v) is 3.44. The van der Waals surface area contributed by atoms with Crippen LogP contribution in [0.25, 0.3) is 0 Å². The van der Waals surface area contributed by atoms with Gasteiger partial charge in [0.05, 0.1) is 27.1 Å². The van der Waals surface area contributed by atoms with E-state index < -0.39 is 0 Å². The molecule has 24 heavy (non-hydrogen) atoms. The molecular formula is C17H24N2O5. The van der Waals surface area contributed by atoms with Gasteiger partial charge in [0.2, 0.25) is 5.91 Å². The normalized spacial score (nSPS) is 9.96. The number of carbonyl (C=O) groups excluding carboxylic acids is 3. The summed E-state index contributed by atoms with van der Waals surface area (Å²) in [6.07, 6.45) is 0.783. The fourth-order valence-corrected chi connectivity index (χ4v) is 2.06. The SMILES string of the molecule is CCC(=O)Nc1cccc(N(CCC(=O)OC)CCC(=O)OC)c1. The number of rotatable bonds is 9. The molecule has 7 heteroatoms. The van der Waals surface area contributed by atoms with Gasteiger partial charge < -0.3 is 19.7 Å². The van der Waals surface area contributed by atoms with Crippen molar-refractivity contribution in [1.29, 1.82) is 0 Å². The Bertz CT molecular complexity index is 554. The van der Waals surface area contributed by atoms with Crippen LogP contribution in [0, 0.1) is 0 Å². The van der Waals surface area contributed by atoms with Crippen LogP contribution in [-0.2, 0) is 23.9 Å². The molecule has 0 radical (unpaired) electrons. The maximum atomic E-state index is 11.5. The molecule has 0 bridgehead atoms. The highest BCUT2D eigenvalue weighted by molar-refractivity contribution is 5.91. The number of ether oxygens (including phenoxy) is 2. The Morgan fingerprint density at radius 3 is 2.12 bits per heavy atom. The molecule has 0 unspecified atom stereocenters. The van der Waals surface area contributed by atoms with Crippen LogP contribution < -0.4 is 10.2 Å². The molecule has 132 valence electrons. The van der Waals surface area contributed by atoms with Gasteiger partial charge in [-0.3, -0.25) is 14.4 Å². The summed E-state index contributed by atoms with van der Waals surface area (Å²) in [4.78, 5) is 36.2. The van der Waals surface area contributed by atoms with Crippen LogP contribution >= 0.6 is 0 Å². The van der Waals surface area contributed by atoms with Crippen LogP contribution in [0.4, 0.5) is 11.4 Å². The van der Waals surface area contributed by atoms with Gasteiger partial charge in [-0.05, 0) is 18.2 Å². The molecule has 0 heterocycles. The predicted octanol–water partition coefficient (Wildman–Crippen LogP) is 1.97. The van der Waals surface area contributed by atoms with E-state index in [1.807, 2.05) is 23.1 Å². The largest absolute Gasteiger partial charge is 0.469 e. The maximum absolute atomic E-state index is 11.5. The summed E-state index contributed by atoms with van der Waals surface area (Å²) in [5.74, 6) is -0.732. The minimum absolute atomic E-state index is 0.0807. The van der Waals surface area contributed by atoms with Crippen LogP contribution in [0.15, 0.2) is 24.3 Å². The number of amides is 1. The van der Waals surface area contributed by atoms with Crippen molar-refractivity contribution in [2.24, 2.45) is 0 Å². The first kappa shape index (κ1) is 19.5. The number of hydrogen-bond donors (Lipinski definition) is 1. The van der Waals surface area contributed by atoms with E-state index >= 15 is 0 Å². The summed E-state index contributed by atoms with van der Waals surface area (Å²) >= 11 is 0. The van der Waals surface area contributed by atoms with Crippen LogP contribution in [-0.4, -0.2) is 45.2 Å². The molecule has 1 N–H and O–H groups in total. The van der Waals surface area contributed by atoms with Crippen LogP contribution in [0.3, 0.4) is 0 Å². The molecule has 1 amide bonds. The van der Waals surface area contributed by atoms with Gasteiger partial charge in [0.1, 0.15) is 0 Å². The standard InChI is InChI=1S/C17H24N2O5/c1-4-15(20)18-13-6-5-7-14(12-13)19(10-8-16(21)23-2)11-9-17(22)24-3/h5-7,12H,4,8-11H2,1-3H3,(H,18,20). The summed E-state index contributed by atoms with van der Waals surface area (Å²) in [5, 5.41) is 2.79. The molecule has 0 aliphatic carbocycles. The van der Waals surface area contributed by atoms with Crippen LogP contribution in [0.2, 0.25) is 0 Å². The average Bonchev–Trinajstić information content (AvgIpc) is 2.61. The van der Waals surface area contributed by atoms with Crippen molar-refractivity contribution in [3.8, 4) is 0 Å². The van der Waals surface area contributed by atoms with Gasteiger partial charge in [-0.2, -0.15) is 0 Å². The average molecular weight is 336 g/mol. The Morgan fingerprint density at radius 2 is 1.62 bits per heavy atom. The Balaban J connectivity index is 2.86. The van der Waals surface area contributed by atoms with Crippen molar-refractivity contribution in [3.05, 3.63) is 24.3 Å². The monoisotopic (exact) mass is 336 g/mol. The molecule has 0 saturated carbocycles. The third kappa shape index (κ3) is 6.68. The number of hydrogen-bond acceptors (Lipinski definition) is 6. The van der Waals surface area contributed by atoms with E-state index in [-0.39, 0.29) is 30.7 Å². The van der Waals surface area contributed by atoms with Crippen LogP contribution in [0.5, 0.6) is 0 Å². The van der Waals surface area contributed by atoms with Crippen molar-refractivity contribution in [1.82, 2.24) is 0 Å². The minimum Gasteiger partial charge on any atom is -0.469 e. The van der Waals surface area contributed by atoms with Gasteiger partial charge >= 0.3 is 11.9 Å². The summed E-state index contributed by atoms with van der Waals surface area (Å²) in [7, 11) is 2.67. The number of esters is 2. The lowest BCUT2D eigenvalue weighted by Gasteiger charge is -2.24.